The van der Waals surface area contributed by atoms with E-state index in [-0.39, 0.29) is 6.54 Å². The molecule has 1 atom stereocenters. The van der Waals surface area contributed by atoms with Crippen molar-refractivity contribution in [2.24, 2.45) is 0 Å². The molecule has 0 radical (unpaired) electrons. The molecule has 3 aromatic heterocycles. The van der Waals surface area contributed by atoms with Crippen molar-refractivity contribution in [3.05, 3.63) is 96.8 Å². The van der Waals surface area contributed by atoms with Crippen LogP contribution in [0.3, 0.4) is 0 Å². The molecule has 0 aliphatic rings. The highest BCUT2D eigenvalue weighted by molar-refractivity contribution is 6.00. The van der Waals surface area contributed by atoms with E-state index >= 15 is 0 Å². The minimum atomic E-state index is -1.19. The lowest BCUT2D eigenvalue weighted by Crippen LogP contribution is -2.47. The summed E-state index contributed by atoms with van der Waals surface area (Å²) < 4.78 is 0. The number of nitrogens with one attached hydrogen (secondary N) is 3. The molecular weight excluding hydrogens is 494 g/mol. The number of hydrogen-bond donors (Lipinski definition) is 4. The van der Waals surface area contributed by atoms with Crippen molar-refractivity contribution in [2.75, 3.05) is 23.3 Å². The summed E-state index contributed by atoms with van der Waals surface area (Å²) in [5.74, 6) is -0.529. The fourth-order valence-corrected chi connectivity index (χ4v) is 4.23. The van der Waals surface area contributed by atoms with Gasteiger partial charge in [-0.3, -0.25) is 4.79 Å². The number of nitrogens with zero attached hydrogens (tertiary/aromatic N) is 4. The van der Waals surface area contributed by atoms with E-state index in [1.54, 1.807) is 53.7 Å². The largest absolute Gasteiger partial charge is 0.480 e. The molecule has 0 fully saturated rings. The summed E-state index contributed by atoms with van der Waals surface area (Å²) in [6.07, 6.45) is 3.32. The van der Waals surface area contributed by atoms with Crippen molar-refractivity contribution < 1.29 is 14.7 Å². The zero-order valence-electron chi connectivity index (χ0n) is 21.2. The summed E-state index contributed by atoms with van der Waals surface area (Å²) in [4.78, 5) is 43.6. The molecule has 39 heavy (non-hydrogen) atoms. The Kier molecular flexibility index (Phi) is 7.44. The van der Waals surface area contributed by atoms with E-state index in [1.807, 2.05) is 49.4 Å². The molecule has 5 aromatic rings. The Morgan fingerprint density at radius 3 is 2.54 bits per heavy atom. The molecule has 10 nitrogen and oxygen atoms in total. The molecule has 196 valence electrons. The number of anilines is 3. The highest BCUT2D eigenvalue weighted by atomic mass is 16.4. The first-order chi connectivity index (χ1) is 19.0. The predicted octanol–water partition coefficient (Wildman–Crippen LogP) is 4.47. The summed E-state index contributed by atoms with van der Waals surface area (Å²) in [6.45, 7) is 2.66. The molecule has 0 saturated heterocycles. The zero-order valence-corrected chi connectivity index (χ0v) is 21.2. The van der Waals surface area contributed by atoms with E-state index in [9.17, 15) is 14.7 Å². The lowest BCUT2D eigenvalue weighted by atomic mass is 10.1. The van der Waals surface area contributed by atoms with Crippen LogP contribution in [0.5, 0.6) is 0 Å². The van der Waals surface area contributed by atoms with Crippen LogP contribution >= 0.6 is 0 Å². The van der Waals surface area contributed by atoms with Crippen LogP contribution in [0.25, 0.3) is 22.3 Å². The molecule has 0 spiro atoms. The van der Waals surface area contributed by atoms with Crippen LogP contribution in [0.2, 0.25) is 0 Å². The molecule has 5 rings (SSSR count). The van der Waals surface area contributed by atoms with Gasteiger partial charge in [-0.2, -0.15) is 0 Å². The van der Waals surface area contributed by atoms with Crippen molar-refractivity contribution in [1.29, 1.82) is 0 Å². The molecule has 1 amide bonds. The second-order valence-corrected chi connectivity index (χ2v) is 8.78. The fourth-order valence-electron chi connectivity index (χ4n) is 4.23. The lowest BCUT2D eigenvalue weighted by molar-refractivity contribution is -0.138. The molecule has 1 unspecified atom stereocenters. The zero-order chi connectivity index (χ0) is 27.2. The van der Waals surface area contributed by atoms with Crippen molar-refractivity contribution in [3.8, 4) is 11.4 Å². The van der Waals surface area contributed by atoms with Gasteiger partial charge in [-0.05, 0) is 61.5 Å². The van der Waals surface area contributed by atoms with Crippen molar-refractivity contribution in [2.45, 2.75) is 13.0 Å². The average Bonchev–Trinajstić information content (AvgIpc) is 3.40. The van der Waals surface area contributed by atoms with Gasteiger partial charge in [-0.15, -0.1) is 0 Å². The SMILES string of the molecule is CCNc1nccc(-c2cc3cc(C(=O)NC(CN(c4ccccc4)c4ccccn4)C(=O)O)ccc3[nH]2)n1. The maximum atomic E-state index is 13.2. The number of H-pyrrole nitrogens is 1. The first-order valence-corrected chi connectivity index (χ1v) is 12.5. The van der Waals surface area contributed by atoms with Gasteiger partial charge in [0.05, 0.1) is 17.9 Å². The number of carbonyl (C=O) groups excluding carboxylic acids is 1. The maximum Gasteiger partial charge on any atom is 0.328 e. The fraction of sp³-hybridized carbons (Fsp3) is 0.138. The number of carboxylic acid groups (broad SMARTS) is 1. The summed E-state index contributed by atoms with van der Waals surface area (Å²) in [5.41, 5.74) is 3.43. The van der Waals surface area contributed by atoms with Gasteiger partial charge in [0.2, 0.25) is 5.95 Å². The van der Waals surface area contributed by atoms with E-state index in [4.69, 9.17) is 0 Å². The van der Waals surface area contributed by atoms with E-state index in [0.29, 0.717) is 29.6 Å². The third-order valence-electron chi connectivity index (χ3n) is 6.11. The summed E-state index contributed by atoms with van der Waals surface area (Å²) >= 11 is 0. The van der Waals surface area contributed by atoms with Crippen LogP contribution in [-0.4, -0.2) is 56.1 Å². The van der Waals surface area contributed by atoms with Gasteiger partial charge in [0.25, 0.3) is 5.91 Å². The standard InChI is InChI=1S/C29H27N7O3/c1-2-30-29-32-15-13-23(35-29)24-17-20-16-19(11-12-22(20)33-24)27(37)34-25(28(38)39)18-36(21-8-4-3-5-9-21)26-10-6-7-14-31-26/h3-17,25,33H,2,18H2,1H3,(H,34,37)(H,38,39)(H,30,32,35). The number of pyridine rings is 1. The third kappa shape index (κ3) is 5.85. The molecule has 10 heteroatoms. The third-order valence-corrected chi connectivity index (χ3v) is 6.11. The van der Waals surface area contributed by atoms with Crippen LogP contribution in [0.15, 0.2) is 91.3 Å². The minimum absolute atomic E-state index is 0.0134. The maximum absolute atomic E-state index is 13.2. The molecule has 4 N–H and O–H groups in total. The minimum Gasteiger partial charge on any atom is -0.480 e. The predicted molar refractivity (Wildman–Crippen MR) is 150 cm³/mol. The van der Waals surface area contributed by atoms with Crippen LogP contribution in [0.4, 0.5) is 17.5 Å². The molecular formula is C29H27N7O3. The van der Waals surface area contributed by atoms with Crippen LogP contribution in [-0.2, 0) is 4.79 Å². The number of carbonyl (C=O) groups is 2. The van der Waals surface area contributed by atoms with Crippen molar-refractivity contribution in [3.63, 3.8) is 0 Å². The number of aromatic nitrogens is 4. The first-order valence-electron chi connectivity index (χ1n) is 12.5. The van der Waals surface area contributed by atoms with Crippen LogP contribution in [0.1, 0.15) is 17.3 Å². The van der Waals surface area contributed by atoms with Gasteiger partial charge in [0.15, 0.2) is 0 Å². The lowest BCUT2D eigenvalue weighted by Gasteiger charge is -2.27. The van der Waals surface area contributed by atoms with Gasteiger partial charge < -0.3 is 25.6 Å². The van der Waals surface area contributed by atoms with Gasteiger partial charge in [-0.1, -0.05) is 24.3 Å². The topological polar surface area (TPSA) is 136 Å². The molecule has 0 saturated carbocycles. The monoisotopic (exact) mass is 521 g/mol. The van der Waals surface area contributed by atoms with Crippen molar-refractivity contribution >= 4 is 40.2 Å². The number of benzene rings is 2. The highest BCUT2D eigenvalue weighted by Crippen LogP contribution is 2.25. The highest BCUT2D eigenvalue weighted by Gasteiger charge is 2.25. The number of rotatable bonds is 10. The second kappa shape index (κ2) is 11.4. The molecule has 2 aromatic carbocycles. The van der Waals surface area contributed by atoms with Gasteiger partial charge in [-0.25, -0.2) is 19.7 Å². The molecule has 0 aliphatic carbocycles. The Morgan fingerprint density at radius 1 is 0.974 bits per heavy atom. The number of carboxylic acids is 1. The van der Waals surface area contributed by atoms with E-state index < -0.39 is 17.9 Å². The number of aromatic amines is 1. The Labute approximate surface area is 224 Å². The quantitative estimate of drug-likeness (QED) is 0.211. The van der Waals surface area contributed by atoms with Crippen LogP contribution < -0.4 is 15.5 Å². The van der Waals surface area contributed by atoms with E-state index in [1.165, 1.54) is 0 Å². The van der Waals surface area contributed by atoms with Gasteiger partial charge in [0.1, 0.15) is 11.9 Å². The molecule has 0 bridgehead atoms. The number of aliphatic carboxylic acids is 1. The number of para-hydroxylation sites is 1. The normalized spacial score (nSPS) is 11.6. The number of fused-ring (bicyclic) bond motifs is 1. The van der Waals surface area contributed by atoms with Gasteiger partial charge >= 0.3 is 5.97 Å². The van der Waals surface area contributed by atoms with E-state index in [0.717, 1.165) is 22.3 Å². The summed E-state index contributed by atoms with van der Waals surface area (Å²) in [5, 5.41) is 16.6. The Hall–Kier alpha value is -5.25. The average molecular weight is 522 g/mol. The smallest absolute Gasteiger partial charge is 0.328 e. The molecule has 3 heterocycles. The summed E-state index contributed by atoms with van der Waals surface area (Å²) in [6, 6.07) is 22.4. The van der Waals surface area contributed by atoms with Crippen LogP contribution in [0, 0.1) is 0 Å². The number of hydrogen-bond acceptors (Lipinski definition) is 7. The summed E-state index contributed by atoms with van der Waals surface area (Å²) in [7, 11) is 0. The van der Waals surface area contributed by atoms with E-state index in [2.05, 4.69) is 30.6 Å². The molecule has 0 aliphatic heterocycles. The Balaban J connectivity index is 1.37. The Bertz CT molecular complexity index is 1550. The van der Waals surface area contributed by atoms with Crippen molar-refractivity contribution in [1.82, 2.24) is 25.3 Å². The number of amides is 1. The second-order valence-electron chi connectivity index (χ2n) is 8.78. The first kappa shape index (κ1) is 25.4. The van der Waals surface area contributed by atoms with Gasteiger partial charge in [0, 0.05) is 41.1 Å². The Morgan fingerprint density at radius 2 is 1.79 bits per heavy atom.